The first-order valence-corrected chi connectivity index (χ1v) is 10.8. The summed E-state index contributed by atoms with van der Waals surface area (Å²) in [6.45, 7) is 4.37. The molecule has 0 spiro atoms. The molecule has 0 bridgehead atoms. The van der Waals surface area contributed by atoms with Gasteiger partial charge in [0.05, 0.1) is 11.8 Å². The largest absolute Gasteiger partial charge is 0.371 e. The minimum absolute atomic E-state index is 0. The summed E-state index contributed by atoms with van der Waals surface area (Å²) < 4.78 is 22.3. The molecule has 1 fully saturated rings. The lowest BCUT2D eigenvalue weighted by Gasteiger charge is -2.21. The Morgan fingerprint density at radius 1 is 1.46 bits per heavy atom. The van der Waals surface area contributed by atoms with Gasteiger partial charge in [-0.1, -0.05) is 17.7 Å². The van der Waals surface area contributed by atoms with Crippen molar-refractivity contribution in [3.63, 3.8) is 0 Å². The van der Waals surface area contributed by atoms with Crippen LogP contribution in [-0.4, -0.2) is 52.0 Å². The second kappa shape index (κ2) is 9.78. The molecule has 1 aromatic rings. The number of hydrogen-bond acceptors (Lipinski definition) is 5. The van der Waals surface area contributed by atoms with E-state index in [4.69, 9.17) is 17.3 Å². The van der Waals surface area contributed by atoms with Gasteiger partial charge in [0.15, 0.2) is 0 Å². The van der Waals surface area contributed by atoms with Crippen molar-refractivity contribution < 1.29 is 13.2 Å². The molecule has 1 aliphatic rings. The standard InChI is InChI=1S/C17H26ClN3O3S.ClH/c1-12-3-4-14(18)9-16(12)21-7-5-13(11-21)10-20-17(22)15(19)6-8-25(2,23)24;/h3-4,9,13,15H,5-8,10-11,19H2,1-2H3,(H,20,22);1H. The van der Waals surface area contributed by atoms with Crippen molar-refractivity contribution in [2.75, 3.05) is 36.5 Å². The number of benzene rings is 1. The van der Waals surface area contributed by atoms with Gasteiger partial charge >= 0.3 is 0 Å². The summed E-state index contributed by atoms with van der Waals surface area (Å²) in [4.78, 5) is 14.3. The highest BCUT2D eigenvalue weighted by Gasteiger charge is 2.25. The van der Waals surface area contributed by atoms with Crippen LogP contribution in [0.2, 0.25) is 5.02 Å². The molecule has 2 rings (SSSR count). The number of rotatable bonds is 7. The Kier molecular flexibility index (Phi) is 8.66. The van der Waals surface area contributed by atoms with Crippen LogP contribution in [0, 0.1) is 12.8 Å². The van der Waals surface area contributed by atoms with Gasteiger partial charge in [0.2, 0.25) is 5.91 Å². The number of carbonyl (C=O) groups is 1. The Morgan fingerprint density at radius 2 is 2.15 bits per heavy atom. The molecule has 2 unspecified atom stereocenters. The van der Waals surface area contributed by atoms with Crippen molar-refractivity contribution in [2.45, 2.75) is 25.8 Å². The van der Waals surface area contributed by atoms with Gasteiger partial charge in [-0.15, -0.1) is 12.4 Å². The van der Waals surface area contributed by atoms with Crippen LogP contribution in [0.5, 0.6) is 0 Å². The normalized spacial score (nSPS) is 18.3. The van der Waals surface area contributed by atoms with Crippen LogP contribution in [0.25, 0.3) is 0 Å². The maximum Gasteiger partial charge on any atom is 0.236 e. The highest BCUT2D eigenvalue weighted by molar-refractivity contribution is 7.90. The molecule has 1 saturated heterocycles. The lowest BCUT2D eigenvalue weighted by Crippen LogP contribution is -2.43. The van der Waals surface area contributed by atoms with Gasteiger partial charge in [0.1, 0.15) is 9.84 Å². The Labute approximate surface area is 166 Å². The summed E-state index contributed by atoms with van der Waals surface area (Å²) in [6, 6.07) is 5.07. The van der Waals surface area contributed by atoms with Crippen molar-refractivity contribution in [3.05, 3.63) is 28.8 Å². The molecule has 1 aliphatic heterocycles. The molecule has 1 heterocycles. The van der Waals surface area contributed by atoms with E-state index in [1.54, 1.807) is 0 Å². The van der Waals surface area contributed by atoms with E-state index in [1.165, 1.54) is 5.56 Å². The quantitative estimate of drug-likeness (QED) is 0.696. The third-order valence-electron chi connectivity index (χ3n) is 4.50. The van der Waals surface area contributed by atoms with Gasteiger partial charge in [-0.3, -0.25) is 4.79 Å². The first-order valence-electron chi connectivity index (χ1n) is 8.38. The molecule has 148 valence electrons. The summed E-state index contributed by atoms with van der Waals surface area (Å²) in [7, 11) is -3.11. The fourth-order valence-electron chi connectivity index (χ4n) is 2.99. The summed E-state index contributed by atoms with van der Waals surface area (Å²) >= 11 is 6.09. The minimum Gasteiger partial charge on any atom is -0.371 e. The van der Waals surface area contributed by atoms with Gasteiger partial charge in [-0.2, -0.15) is 0 Å². The van der Waals surface area contributed by atoms with E-state index in [1.807, 2.05) is 18.2 Å². The Morgan fingerprint density at radius 3 is 2.81 bits per heavy atom. The van der Waals surface area contributed by atoms with E-state index in [-0.39, 0.29) is 30.5 Å². The summed E-state index contributed by atoms with van der Waals surface area (Å²) in [5, 5.41) is 3.56. The van der Waals surface area contributed by atoms with Crippen LogP contribution in [0.1, 0.15) is 18.4 Å². The number of halogens is 2. The monoisotopic (exact) mass is 423 g/mol. The van der Waals surface area contributed by atoms with Gasteiger partial charge in [0.25, 0.3) is 0 Å². The molecule has 1 aromatic carbocycles. The van der Waals surface area contributed by atoms with Gasteiger partial charge in [-0.25, -0.2) is 8.42 Å². The molecule has 3 N–H and O–H groups in total. The topological polar surface area (TPSA) is 92.5 Å². The van der Waals surface area contributed by atoms with Gasteiger partial charge < -0.3 is 16.0 Å². The lowest BCUT2D eigenvalue weighted by molar-refractivity contribution is -0.122. The molecule has 26 heavy (non-hydrogen) atoms. The average Bonchev–Trinajstić information content (AvgIpc) is 3.00. The predicted molar refractivity (Wildman–Crippen MR) is 109 cm³/mol. The molecular formula is C17H27Cl2N3O3S. The first kappa shape index (κ1) is 23.0. The number of nitrogens with one attached hydrogen (secondary N) is 1. The summed E-state index contributed by atoms with van der Waals surface area (Å²) in [5.74, 6) is -0.0298. The molecule has 2 atom stereocenters. The fraction of sp³-hybridized carbons (Fsp3) is 0.588. The van der Waals surface area contributed by atoms with Gasteiger partial charge in [-0.05, 0) is 43.4 Å². The highest BCUT2D eigenvalue weighted by atomic mass is 35.5. The smallest absolute Gasteiger partial charge is 0.236 e. The van der Waals surface area contributed by atoms with Crippen LogP contribution in [0.3, 0.4) is 0 Å². The number of sulfone groups is 1. The Balaban J connectivity index is 0.00000338. The van der Waals surface area contributed by atoms with Crippen LogP contribution in [-0.2, 0) is 14.6 Å². The summed E-state index contributed by atoms with van der Waals surface area (Å²) in [6.07, 6.45) is 2.26. The first-order chi connectivity index (χ1) is 11.7. The molecule has 1 amide bonds. The molecular weight excluding hydrogens is 397 g/mol. The third kappa shape index (κ3) is 6.95. The van der Waals surface area contributed by atoms with E-state index >= 15 is 0 Å². The molecule has 0 aliphatic carbocycles. The summed E-state index contributed by atoms with van der Waals surface area (Å²) in [5.41, 5.74) is 8.07. The van der Waals surface area contributed by atoms with E-state index < -0.39 is 15.9 Å². The lowest BCUT2D eigenvalue weighted by atomic mass is 10.1. The van der Waals surface area contributed by atoms with Gasteiger partial charge in [0, 0.05) is 36.6 Å². The van der Waals surface area contributed by atoms with E-state index in [2.05, 4.69) is 17.1 Å². The van der Waals surface area contributed by atoms with Crippen LogP contribution in [0.15, 0.2) is 18.2 Å². The Bertz CT molecular complexity index is 728. The minimum atomic E-state index is -3.11. The molecule has 0 saturated carbocycles. The van der Waals surface area contributed by atoms with E-state index in [0.717, 1.165) is 31.5 Å². The highest BCUT2D eigenvalue weighted by Crippen LogP contribution is 2.29. The van der Waals surface area contributed by atoms with E-state index in [9.17, 15) is 13.2 Å². The van der Waals surface area contributed by atoms with Crippen molar-refractivity contribution in [1.82, 2.24) is 5.32 Å². The number of nitrogens with two attached hydrogens (primary N) is 1. The second-order valence-electron chi connectivity index (χ2n) is 6.80. The number of anilines is 1. The predicted octanol–water partition coefficient (Wildman–Crippen LogP) is 1.77. The maximum absolute atomic E-state index is 12.0. The molecule has 0 radical (unpaired) electrons. The number of nitrogens with zero attached hydrogens (tertiary/aromatic N) is 1. The zero-order valence-electron chi connectivity index (χ0n) is 15.1. The van der Waals surface area contributed by atoms with Crippen molar-refractivity contribution in [3.8, 4) is 0 Å². The fourth-order valence-corrected chi connectivity index (χ4v) is 3.84. The number of carbonyl (C=O) groups excluding carboxylic acids is 1. The Hall–Kier alpha value is -1.02. The average molecular weight is 424 g/mol. The van der Waals surface area contributed by atoms with E-state index in [0.29, 0.717) is 17.5 Å². The van der Waals surface area contributed by atoms with Crippen molar-refractivity contribution >= 4 is 45.4 Å². The van der Waals surface area contributed by atoms with Crippen LogP contribution >= 0.6 is 24.0 Å². The molecule has 9 heteroatoms. The number of amides is 1. The maximum atomic E-state index is 12.0. The van der Waals surface area contributed by atoms with Crippen LogP contribution in [0.4, 0.5) is 5.69 Å². The van der Waals surface area contributed by atoms with Crippen molar-refractivity contribution in [1.29, 1.82) is 0 Å². The molecule has 6 nitrogen and oxygen atoms in total. The van der Waals surface area contributed by atoms with Crippen molar-refractivity contribution in [2.24, 2.45) is 11.7 Å². The zero-order valence-corrected chi connectivity index (χ0v) is 17.5. The third-order valence-corrected chi connectivity index (χ3v) is 5.71. The zero-order chi connectivity index (χ0) is 18.6. The molecule has 0 aromatic heterocycles. The number of aryl methyl sites for hydroxylation is 1. The second-order valence-corrected chi connectivity index (χ2v) is 9.50. The SMILES string of the molecule is Cc1ccc(Cl)cc1N1CCC(CNC(=O)C(N)CCS(C)(=O)=O)C1.Cl. The number of hydrogen-bond donors (Lipinski definition) is 2. The van der Waals surface area contributed by atoms with Crippen LogP contribution < -0.4 is 16.0 Å².